The zero-order chi connectivity index (χ0) is 15.4. The first-order valence-corrected chi connectivity index (χ1v) is 7.19. The number of carbonyl (C=O) groups is 2. The summed E-state index contributed by atoms with van der Waals surface area (Å²) in [6.07, 6.45) is 3.04. The van der Waals surface area contributed by atoms with Crippen LogP contribution in [-0.2, 0) is 17.9 Å². The third-order valence-corrected chi connectivity index (χ3v) is 3.91. The number of thiophene rings is 1. The summed E-state index contributed by atoms with van der Waals surface area (Å²) in [5.41, 5.74) is 6.78. The number of aryl methyl sites for hydroxylation is 1. The number of urea groups is 1. The fourth-order valence-corrected chi connectivity index (χ4v) is 2.71. The van der Waals surface area contributed by atoms with Gasteiger partial charge in [-0.25, -0.2) is 4.79 Å². The quantitative estimate of drug-likeness (QED) is 0.874. The van der Waals surface area contributed by atoms with Gasteiger partial charge < -0.3 is 16.0 Å². The van der Waals surface area contributed by atoms with Crippen LogP contribution in [0.3, 0.4) is 0 Å². The van der Waals surface area contributed by atoms with Crippen molar-refractivity contribution >= 4 is 29.0 Å². The minimum Gasteiger partial charge on any atom is -0.368 e. The molecule has 112 valence electrons. The van der Waals surface area contributed by atoms with E-state index in [2.05, 4.69) is 10.4 Å². The first-order valence-electron chi connectivity index (χ1n) is 6.31. The molecule has 2 rings (SSSR count). The second-order valence-corrected chi connectivity index (χ2v) is 5.71. The lowest BCUT2D eigenvalue weighted by molar-refractivity contribution is -0.118. The highest BCUT2D eigenvalue weighted by Gasteiger charge is 2.12. The number of nitrogens with zero attached hydrogens (tertiary/aromatic N) is 3. The van der Waals surface area contributed by atoms with E-state index in [4.69, 9.17) is 5.73 Å². The highest BCUT2D eigenvalue weighted by molar-refractivity contribution is 7.10. The minimum atomic E-state index is -0.485. The molecule has 0 spiro atoms. The van der Waals surface area contributed by atoms with E-state index in [-0.39, 0.29) is 12.6 Å². The summed E-state index contributed by atoms with van der Waals surface area (Å²) in [7, 11) is 1.72. The molecular weight excluding hydrogens is 290 g/mol. The first-order chi connectivity index (χ1) is 9.95. The lowest BCUT2D eigenvalue weighted by atomic mass is 10.3. The molecule has 21 heavy (non-hydrogen) atoms. The lowest BCUT2D eigenvalue weighted by Crippen LogP contribution is -2.30. The van der Waals surface area contributed by atoms with Crippen molar-refractivity contribution in [3.63, 3.8) is 0 Å². The summed E-state index contributed by atoms with van der Waals surface area (Å²) in [4.78, 5) is 25.6. The molecule has 2 aromatic heterocycles. The van der Waals surface area contributed by atoms with E-state index < -0.39 is 5.91 Å². The number of anilines is 1. The van der Waals surface area contributed by atoms with Gasteiger partial charge in [0, 0.05) is 18.1 Å². The Morgan fingerprint density at radius 2 is 2.29 bits per heavy atom. The van der Waals surface area contributed by atoms with Crippen LogP contribution in [-0.4, -0.2) is 33.7 Å². The largest absolute Gasteiger partial charge is 0.368 e. The summed E-state index contributed by atoms with van der Waals surface area (Å²) in [6.45, 7) is 2.55. The minimum absolute atomic E-state index is 0.0138. The van der Waals surface area contributed by atoms with Crippen LogP contribution in [0.5, 0.6) is 0 Å². The highest BCUT2D eigenvalue weighted by Crippen LogP contribution is 2.17. The van der Waals surface area contributed by atoms with Crippen LogP contribution in [0.2, 0.25) is 0 Å². The first kappa shape index (κ1) is 15.0. The second-order valence-electron chi connectivity index (χ2n) is 4.71. The number of aromatic nitrogens is 2. The maximum Gasteiger partial charge on any atom is 0.322 e. The molecule has 7 nitrogen and oxygen atoms in total. The smallest absolute Gasteiger partial charge is 0.322 e. The predicted octanol–water partition coefficient (Wildman–Crippen LogP) is 1.40. The van der Waals surface area contributed by atoms with Crippen LogP contribution >= 0.6 is 11.3 Å². The average Bonchev–Trinajstić information content (AvgIpc) is 2.99. The van der Waals surface area contributed by atoms with Crippen molar-refractivity contribution in [3.8, 4) is 0 Å². The molecule has 2 heterocycles. The molecule has 0 fully saturated rings. The van der Waals surface area contributed by atoms with Gasteiger partial charge in [-0.1, -0.05) is 0 Å². The zero-order valence-electron chi connectivity index (χ0n) is 11.9. The maximum absolute atomic E-state index is 12.1. The molecule has 3 amide bonds. The number of hydrogen-bond donors (Lipinski definition) is 2. The molecule has 0 aromatic carbocycles. The normalized spacial score (nSPS) is 10.4. The van der Waals surface area contributed by atoms with E-state index in [0.29, 0.717) is 12.2 Å². The van der Waals surface area contributed by atoms with Gasteiger partial charge in [0.1, 0.15) is 6.54 Å². The van der Waals surface area contributed by atoms with Crippen LogP contribution in [0.1, 0.15) is 10.4 Å². The Morgan fingerprint density at radius 3 is 2.90 bits per heavy atom. The van der Waals surface area contributed by atoms with Gasteiger partial charge in [-0.3, -0.25) is 9.48 Å². The molecule has 0 aliphatic heterocycles. The average molecular weight is 307 g/mol. The molecule has 0 radical (unpaired) electrons. The number of nitrogens with one attached hydrogen (secondary N) is 1. The monoisotopic (exact) mass is 307 g/mol. The van der Waals surface area contributed by atoms with Crippen LogP contribution in [0.25, 0.3) is 0 Å². The maximum atomic E-state index is 12.1. The van der Waals surface area contributed by atoms with Gasteiger partial charge in [0.25, 0.3) is 0 Å². The molecule has 8 heteroatoms. The fourth-order valence-electron chi connectivity index (χ4n) is 1.75. The second kappa shape index (κ2) is 6.40. The van der Waals surface area contributed by atoms with Gasteiger partial charge in [-0.2, -0.15) is 5.10 Å². The number of rotatable bonds is 5. The Kier molecular flexibility index (Phi) is 4.59. The molecule has 0 saturated carbocycles. The molecule has 0 bridgehead atoms. The lowest BCUT2D eigenvalue weighted by Gasteiger charge is -2.17. The van der Waals surface area contributed by atoms with E-state index in [1.165, 1.54) is 16.4 Å². The van der Waals surface area contributed by atoms with Crippen molar-refractivity contribution in [2.24, 2.45) is 5.73 Å². The SMILES string of the molecule is Cc1ccsc1CN(C)C(=O)Nc1cnn(CC(N)=O)c1. The summed E-state index contributed by atoms with van der Waals surface area (Å²) in [6, 6.07) is 1.79. The van der Waals surface area contributed by atoms with Gasteiger partial charge in [-0.15, -0.1) is 11.3 Å². The van der Waals surface area contributed by atoms with Gasteiger partial charge in [0.2, 0.25) is 5.91 Å². The topological polar surface area (TPSA) is 93.2 Å². The Bertz CT molecular complexity index is 649. The summed E-state index contributed by atoms with van der Waals surface area (Å²) in [5, 5.41) is 8.67. The number of nitrogens with two attached hydrogens (primary N) is 1. The van der Waals surface area contributed by atoms with E-state index in [0.717, 1.165) is 4.88 Å². The Labute approximate surface area is 126 Å². The molecular formula is C13H17N5O2S. The molecule has 0 aliphatic rings. The molecule has 0 unspecified atom stereocenters. The fraction of sp³-hybridized carbons (Fsp3) is 0.308. The van der Waals surface area contributed by atoms with Gasteiger partial charge >= 0.3 is 6.03 Å². The van der Waals surface area contributed by atoms with E-state index in [9.17, 15) is 9.59 Å². The summed E-state index contributed by atoms with van der Waals surface area (Å²) in [5.74, 6) is -0.485. The van der Waals surface area contributed by atoms with E-state index in [1.54, 1.807) is 29.5 Å². The van der Waals surface area contributed by atoms with E-state index >= 15 is 0 Å². The molecule has 0 aliphatic carbocycles. The van der Waals surface area contributed by atoms with Gasteiger partial charge in [0.15, 0.2) is 0 Å². The molecule has 0 atom stereocenters. The molecule has 2 aromatic rings. The highest BCUT2D eigenvalue weighted by atomic mass is 32.1. The van der Waals surface area contributed by atoms with Crippen LogP contribution in [0, 0.1) is 6.92 Å². The van der Waals surface area contributed by atoms with Crippen molar-refractivity contribution < 1.29 is 9.59 Å². The van der Waals surface area contributed by atoms with Gasteiger partial charge in [0.05, 0.1) is 18.4 Å². The van der Waals surface area contributed by atoms with Crippen molar-refractivity contribution in [1.82, 2.24) is 14.7 Å². The van der Waals surface area contributed by atoms with Crippen molar-refractivity contribution in [1.29, 1.82) is 0 Å². The van der Waals surface area contributed by atoms with Crippen LogP contribution < -0.4 is 11.1 Å². The number of carbonyl (C=O) groups excluding carboxylic acids is 2. The van der Waals surface area contributed by atoms with Crippen molar-refractivity contribution in [2.75, 3.05) is 12.4 Å². The third kappa shape index (κ3) is 4.06. The third-order valence-electron chi connectivity index (χ3n) is 2.90. The molecule has 3 N–H and O–H groups in total. The van der Waals surface area contributed by atoms with Crippen LogP contribution in [0.15, 0.2) is 23.8 Å². The van der Waals surface area contributed by atoms with Gasteiger partial charge in [-0.05, 0) is 23.9 Å². The standard InChI is InChI=1S/C13H17N5O2S/c1-9-3-4-21-11(9)7-17(2)13(20)16-10-5-15-18(6-10)8-12(14)19/h3-6H,7-8H2,1-2H3,(H2,14,19)(H,16,20). The summed E-state index contributed by atoms with van der Waals surface area (Å²) < 4.78 is 1.38. The number of amides is 3. The number of hydrogen-bond acceptors (Lipinski definition) is 4. The van der Waals surface area contributed by atoms with E-state index in [1.807, 2.05) is 18.4 Å². The predicted molar refractivity (Wildman–Crippen MR) is 81.0 cm³/mol. The Morgan fingerprint density at radius 1 is 1.52 bits per heavy atom. The molecule has 0 saturated heterocycles. The Hall–Kier alpha value is -2.35. The summed E-state index contributed by atoms with van der Waals surface area (Å²) >= 11 is 1.62. The van der Waals surface area contributed by atoms with Crippen molar-refractivity contribution in [3.05, 3.63) is 34.3 Å². The van der Waals surface area contributed by atoms with Crippen LogP contribution in [0.4, 0.5) is 10.5 Å². The number of primary amides is 1. The Balaban J connectivity index is 1.93. The van der Waals surface area contributed by atoms with Crippen molar-refractivity contribution in [2.45, 2.75) is 20.0 Å². The zero-order valence-corrected chi connectivity index (χ0v) is 12.7.